The number of para-hydroxylation sites is 2. The molecule has 4 aromatic heterocycles. The third kappa shape index (κ3) is 5.90. The summed E-state index contributed by atoms with van der Waals surface area (Å²) in [5, 5.41) is 4.01. The van der Waals surface area contributed by atoms with E-state index in [1.54, 1.807) is 0 Å². The predicted octanol–water partition coefficient (Wildman–Crippen LogP) is 14.8. The number of furan rings is 2. The molecule has 8 heteroatoms. The quantitative estimate of drug-likeness (QED) is 0.163. The van der Waals surface area contributed by atoms with E-state index in [0.29, 0.717) is 34.9 Å². The highest BCUT2D eigenvalue weighted by Gasteiger charge is 2.41. The van der Waals surface area contributed by atoms with E-state index in [2.05, 4.69) is 84.9 Å². The highest BCUT2D eigenvalue weighted by molar-refractivity contribution is 6.13. The van der Waals surface area contributed by atoms with E-state index in [0.717, 1.165) is 77.3 Å². The largest absolute Gasteiger partial charge is 0.456 e. The Morgan fingerprint density at radius 2 is 0.614 bits per heavy atom. The lowest BCUT2D eigenvalue weighted by Gasteiger charge is -2.42. The van der Waals surface area contributed by atoms with Gasteiger partial charge >= 0.3 is 0 Å². The molecule has 2 bridgehead atoms. The third-order valence-electron chi connectivity index (χ3n) is 14.2. The molecule has 0 fully saturated rings. The van der Waals surface area contributed by atoms with Crippen molar-refractivity contribution in [2.45, 2.75) is 11.8 Å². The first-order chi connectivity index (χ1) is 34.7. The van der Waals surface area contributed by atoms with Crippen LogP contribution in [0, 0.1) is 0 Å². The van der Waals surface area contributed by atoms with Gasteiger partial charge in [0.2, 0.25) is 0 Å². The molecule has 0 N–H and O–H groups in total. The molecule has 0 radical (unpaired) electrons. The van der Waals surface area contributed by atoms with Crippen molar-refractivity contribution in [1.82, 2.24) is 29.9 Å². The predicted molar refractivity (Wildman–Crippen MR) is 275 cm³/mol. The van der Waals surface area contributed by atoms with E-state index in [9.17, 15) is 0 Å². The lowest BCUT2D eigenvalue weighted by atomic mass is 9.61. The van der Waals surface area contributed by atoms with Gasteiger partial charge in [-0.25, -0.2) is 29.9 Å². The number of hydrogen-bond donors (Lipinski definition) is 0. The molecule has 0 saturated heterocycles. The molecule has 3 aliphatic carbocycles. The fraction of sp³-hybridized carbons (Fsp3) is 0.0323. The lowest BCUT2D eigenvalue weighted by Crippen LogP contribution is -2.27. The van der Waals surface area contributed by atoms with Crippen LogP contribution in [0.15, 0.2) is 215 Å². The number of nitrogens with zero attached hydrogens (tertiary/aromatic N) is 6. The molecule has 326 valence electrons. The summed E-state index contributed by atoms with van der Waals surface area (Å²) in [6.07, 6.45) is 0. The highest BCUT2D eigenvalue weighted by atomic mass is 16.3. The Kier molecular flexibility index (Phi) is 8.32. The molecule has 0 aliphatic heterocycles. The molecule has 0 spiro atoms. The molecule has 13 aromatic rings. The minimum Gasteiger partial charge on any atom is -0.456 e. The van der Waals surface area contributed by atoms with Gasteiger partial charge in [-0.1, -0.05) is 170 Å². The summed E-state index contributed by atoms with van der Waals surface area (Å²) >= 11 is 0. The van der Waals surface area contributed by atoms with Gasteiger partial charge in [0.1, 0.15) is 22.3 Å². The fourth-order valence-corrected chi connectivity index (χ4v) is 11.1. The maximum atomic E-state index is 6.31. The summed E-state index contributed by atoms with van der Waals surface area (Å²) in [7, 11) is 0. The topological polar surface area (TPSA) is 104 Å². The van der Waals surface area contributed by atoms with Crippen LogP contribution in [-0.4, -0.2) is 29.9 Å². The summed E-state index contributed by atoms with van der Waals surface area (Å²) in [6, 6.07) is 71.2. The lowest BCUT2D eigenvalue weighted by molar-refractivity contribution is 0.668. The normalized spacial score (nSPS) is 14.6. The van der Waals surface area contributed by atoms with Gasteiger partial charge < -0.3 is 8.83 Å². The molecule has 2 atom stereocenters. The van der Waals surface area contributed by atoms with Gasteiger partial charge in [0.15, 0.2) is 34.9 Å². The van der Waals surface area contributed by atoms with Crippen molar-refractivity contribution in [2.75, 3.05) is 0 Å². The molecule has 16 rings (SSSR count). The Balaban J connectivity index is 0.880. The van der Waals surface area contributed by atoms with Gasteiger partial charge in [0, 0.05) is 66.8 Å². The van der Waals surface area contributed by atoms with Crippen molar-refractivity contribution in [2.24, 2.45) is 0 Å². The zero-order valence-electron chi connectivity index (χ0n) is 37.3. The average Bonchev–Trinajstić information content (AvgIpc) is 4.02. The molecular formula is C62H36N6O2. The highest BCUT2D eigenvalue weighted by Crippen LogP contribution is 2.57. The van der Waals surface area contributed by atoms with Crippen molar-refractivity contribution < 1.29 is 8.83 Å². The molecule has 9 aromatic carbocycles. The number of benzene rings is 9. The van der Waals surface area contributed by atoms with E-state index in [-0.39, 0.29) is 11.8 Å². The Labute approximate surface area is 400 Å². The van der Waals surface area contributed by atoms with Crippen molar-refractivity contribution in [3.8, 4) is 68.3 Å². The molecule has 0 amide bonds. The number of hydrogen-bond acceptors (Lipinski definition) is 8. The van der Waals surface area contributed by atoms with Crippen molar-refractivity contribution in [1.29, 1.82) is 0 Å². The molecule has 8 nitrogen and oxygen atoms in total. The van der Waals surface area contributed by atoms with Gasteiger partial charge in [-0.05, 0) is 69.8 Å². The van der Waals surface area contributed by atoms with Crippen LogP contribution in [0.1, 0.15) is 45.2 Å². The van der Waals surface area contributed by atoms with Crippen molar-refractivity contribution >= 4 is 43.9 Å². The summed E-state index contributed by atoms with van der Waals surface area (Å²) < 4.78 is 12.6. The van der Waals surface area contributed by atoms with Gasteiger partial charge in [-0.2, -0.15) is 0 Å². The van der Waals surface area contributed by atoms with Crippen LogP contribution in [0.5, 0.6) is 0 Å². The molecule has 2 unspecified atom stereocenters. The Hall–Kier alpha value is -9.40. The van der Waals surface area contributed by atoms with Gasteiger partial charge in [0.05, 0.1) is 0 Å². The fourth-order valence-electron chi connectivity index (χ4n) is 11.1. The zero-order chi connectivity index (χ0) is 45.9. The third-order valence-corrected chi connectivity index (χ3v) is 14.2. The summed E-state index contributed by atoms with van der Waals surface area (Å²) in [4.78, 5) is 31.2. The zero-order valence-corrected chi connectivity index (χ0v) is 37.3. The maximum Gasteiger partial charge on any atom is 0.164 e. The minimum atomic E-state index is -0.0121. The Morgan fingerprint density at radius 3 is 1.07 bits per heavy atom. The van der Waals surface area contributed by atoms with Gasteiger partial charge in [-0.15, -0.1) is 0 Å². The van der Waals surface area contributed by atoms with E-state index in [4.69, 9.17) is 38.7 Å². The monoisotopic (exact) mass is 896 g/mol. The van der Waals surface area contributed by atoms with Crippen LogP contribution < -0.4 is 0 Å². The number of fused-ring (bicyclic) bond motifs is 6. The maximum absolute atomic E-state index is 6.31. The molecular weight excluding hydrogens is 861 g/mol. The van der Waals surface area contributed by atoms with Crippen LogP contribution in [-0.2, 0) is 0 Å². The van der Waals surface area contributed by atoms with E-state index in [1.807, 2.05) is 121 Å². The molecule has 70 heavy (non-hydrogen) atoms. The Bertz CT molecular complexity index is 4000. The van der Waals surface area contributed by atoms with Crippen LogP contribution in [0.3, 0.4) is 0 Å². The average molecular weight is 897 g/mol. The second-order valence-electron chi connectivity index (χ2n) is 18.1. The second kappa shape index (κ2) is 15.1. The number of rotatable bonds is 6. The number of aromatic nitrogens is 6. The minimum absolute atomic E-state index is 0.0121. The van der Waals surface area contributed by atoms with Crippen LogP contribution >= 0.6 is 0 Å². The SMILES string of the molecule is c1ccc(-c2nc(-c3ccc4c(c3)C3c5ccccc5C4c4cc(-c5nc(-c6ccccc6)nc(-c6cccc7oc8ccccc8c67)n5)ccc43)nc(-c3cccc4oc5ccccc5c34)n2)cc1. The summed E-state index contributed by atoms with van der Waals surface area (Å²) in [5.74, 6) is 3.61. The van der Waals surface area contributed by atoms with Crippen LogP contribution in [0.4, 0.5) is 0 Å². The van der Waals surface area contributed by atoms with Crippen molar-refractivity contribution in [3.63, 3.8) is 0 Å². The standard InChI is InChI=1S/C62H36N6O2/c1-3-15-35(16-4-1)57-63-59(67-61(65-57)45-23-13-27-51-55(45)43-21-9-11-25-49(43)69-51)37-29-31-41-47(33-37)53-39-19-7-8-20-40(39)54(41)48-34-38(30-32-42(48)53)60-64-58(36-17-5-2-6-18-36)66-62(68-60)46-24-14-28-52-56(46)44-22-10-12-26-50(44)70-52/h1-34,53-54H. The van der Waals surface area contributed by atoms with E-state index >= 15 is 0 Å². The van der Waals surface area contributed by atoms with Gasteiger partial charge in [-0.3, -0.25) is 0 Å². The van der Waals surface area contributed by atoms with E-state index < -0.39 is 0 Å². The summed E-state index contributed by atoms with van der Waals surface area (Å²) in [6.45, 7) is 0. The first-order valence-electron chi connectivity index (χ1n) is 23.5. The molecule has 0 saturated carbocycles. The molecule has 3 aliphatic rings. The van der Waals surface area contributed by atoms with Crippen molar-refractivity contribution in [3.05, 3.63) is 240 Å². The van der Waals surface area contributed by atoms with Gasteiger partial charge in [0.25, 0.3) is 0 Å². The summed E-state index contributed by atoms with van der Waals surface area (Å²) in [5.41, 5.74) is 16.4. The van der Waals surface area contributed by atoms with Crippen LogP contribution in [0.2, 0.25) is 0 Å². The molecule has 4 heterocycles. The second-order valence-corrected chi connectivity index (χ2v) is 18.1. The van der Waals surface area contributed by atoms with Crippen LogP contribution in [0.25, 0.3) is 112 Å². The smallest absolute Gasteiger partial charge is 0.164 e. The van der Waals surface area contributed by atoms with E-state index in [1.165, 1.54) is 33.4 Å². The first kappa shape index (κ1) is 38.7. The first-order valence-corrected chi connectivity index (χ1v) is 23.5. The Morgan fingerprint density at radius 1 is 0.257 bits per heavy atom.